The minimum atomic E-state index is -4.81. The van der Waals surface area contributed by atoms with Crippen LogP contribution in [0.3, 0.4) is 0 Å². The molecule has 1 rings (SSSR count). The highest BCUT2D eigenvalue weighted by molar-refractivity contribution is 5.82. The first-order valence-electron chi connectivity index (χ1n) is 4.53. The molecule has 0 aliphatic carbocycles. The molecule has 15 heavy (non-hydrogen) atoms. The van der Waals surface area contributed by atoms with Crippen molar-refractivity contribution >= 4 is 5.91 Å². The molecule has 1 heterocycles. The number of carbonyl (C=O) groups is 1. The smallest absolute Gasteiger partial charge is 0.394 e. The molecule has 0 bridgehead atoms. The van der Waals surface area contributed by atoms with Crippen molar-refractivity contribution in [1.82, 2.24) is 4.90 Å². The number of hydrogen-bond donors (Lipinski definition) is 1. The number of likely N-dealkylation sites (tertiary alicyclic amines) is 1. The van der Waals surface area contributed by atoms with E-state index < -0.39 is 18.2 Å². The van der Waals surface area contributed by atoms with Gasteiger partial charge in [-0.25, -0.2) is 0 Å². The molecule has 7 heteroatoms. The minimum Gasteiger partial charge on any atom is -0.394 e. The van der Waals surface area contributed by atoms with Gasteiger partial charge in [0.05, 0.1) is 19.3 Å². The van der Waals surface area contributed by atoms with Crippen LogP contribution in [0, 0.1) is 0 Å². The van der Waals surface area contributed by atoms with Crippen LogP contribution >= 0.6 is 0 Å². The van der Waals surface area contributed by atoms with Gasteiger partial charge in [-0.05, 0) is 6.42 Å². The summed E-state index contributed by atoms with van der Waals surface area (Å²) < 4.78 is 41.1. The van der Waals surface area contributed by atoms with Gasteiger partial charge in [0.2, 0.25) is 0 Å². The third-order valence-corrected chi connectivity index (χ3v) is 2.12. The number of ether oxygens (including phenoxy) is 1. The summed E-state index contributed by atoms with van der Waals surface area (Å²) in [4.78, 5) is 11.5. The standard InChI is InChI=1S/C8H12F3NO3/c9-8(10,11)7(14)12-2-1-6(5-12)15-4-3-13/h6,13H,1-5H2. The number of nitrogens with zero attached hydrogens (tertiary/aromatic N) is 1. The van der Waals surface area contributed by atoms with Gasteiger partial charge in [-0.3, -0.25) is 4.79 Å². The molecule has 1 saturated heterocycles. The Morgan fingerprint density at radius 1 is 1.53 bits per heavy atom. The van der Waals surface area contributed by atoms with Crippen molar-refractivity contribution in [2.45, 2.75) is 18.7 Å². The van der Waals surface area contributed by atoms with Crippen LogP contribution in [0.2, 0.25) is 0 Å². The number of aliphatic hydroxyl groups is 1. The Balaban J connectivity index is 2.39. The summed E-state index contributed by atoms with van der Waals surface area (Å²) in [6, 6.07) is 0. The number of rotatable bonds is 3. The molecule has 1 aliphatic heterocycles. The molecule has 1 N–H and O–H groups in total. The van der Waals surface area contributed by atoms with Gasteiger partial charge in [-0.1, -0.05) is 0 Å². The topological polar surface area (TPSA) is 49.8 Å². The van der Waals surface area contributed by atoms with Crippen LogP contribution in [-0.4, -0.2) is 54.5 Å². The highest BCUT2D eigenvalue weighted by atomic mass is 19.4. The van der Waals surface area contributed by atoms with E-state index in [2.05, 4.69) is 0 Å². The van der Waals surface area contributed by atoms with Gasteiger partial charge in [-0.2, -0.15) is 13.2 Å². The lowest BCUT2D eigenvalue weighted by molar-refractivity contribution is -0.184. The van der Waals surface area contributed by atoms with Crippen molar-refractivity contribution in [2.24, 2.45) is 0 Å². The molecule has 0 saturated carbocycles. The number of hydrogen-bond acceptors (Lipinski definition) is 3. The molecular weight excluding hydrogens is 215 g/mol. The Hall–Kier alpha value is -0.820. The monoisotopic (exact) mass is 227 g/mol. The molecule has 1 fully saturated rings. The third kappa shape index (κ3) is 3.35. The van der Waals surface area contributed by atoms with Crippen LogP contribution < -0.4 is 0 Å². The molecule has 0 spiro atoms. The molecule has 4 nitrogen and oxygen atoms in total. The second-order valence-electron chi connectivity index (χ2n) is 3.25. The van der Waals surface area contributed by atoms with Crippen LogP contribution in [0.5, 0.6) is 0 Å². The first-order chi connectivity index (χ1) is 6.95. The van der Waals surface area contributed by atoms with Crippen molar-refractivity contribution < 1.29 is 27.8 Å². The van der Waals surface area contributed by atoms with Gasteiger partial charge in [0.1, 0.15) is 0 Å². The normalized spacial score (nSPS) is 22.1. The molecule has 1 aliphatic rings. The van der Waals surface area contributed by atoms with Crippen molar-refractivity contribution in [1.29, 1.82) is 0 Å². The molecule has 0 radical (unpaired) electrons. The second-order valence-corrected chi connectivity index (χ2v) is 3.25. The number of halogens is 3. The summed E-state index contributed by atoms with van der Waals surface area (Å²) in [5, 5.41) is 8.45. The molecule has 1 amide bonds. The summed E-state index contributed by atoms with van der Waals surface area (Å²) in [7, 11) is 0. The summed E-state index contributed by atoms with van der Waals surface area (Å²) in [6.07, 6.45) is -4.84. The van der Waals surface area contributed by atoms with Gasteiger partial charge in [0, 0.05) is 13.1 Å². The maximum Gasteiger partial charge on any atom is 0.471 e. The average Bonchev–Trinajstić information content (AvgIpc) is 2.60. The molecule has 0 aromatic carbocycles. The predicted molar refractivity (Wildman–Crippen MR) is 44.1 cm³/mol. The third-order valence-electron chi connectivity index (χ3n) is 2.12. The molecular formula is C8H12F3NO3. The first-order valence-corrected chi connectivity index (χ1v) is 4.53. The molecule has 0 aromatic rings. The number of carbonyl (C=O) groups excluding carboxylic acids is 1. The van der Waals surface area contributed by atoms with E-state index in [0.29, 0.717) is 6.42 Å². The van der Waals surface area contributed by atoms with E-state index in [4.69, 9.17) is 9.84 Å². The van der Waals surface area contributed by atoms with Crippen LogP contribution in [0.4, 0.5) is 13.2 Å². The first kappa shape index (κ1) is 12.3. The number of amides is 1. The van der Waals surface area contributed by atoms with E-state index in [9.17, 15) is 18.0 Å². The Labute approximate surface area is 84.6 Å². The van der Waals surface area contributed by atoms with Crippen LogP contribution in [0.1, 0.15) is 6.42 Å². The highest BCUT2D eigenvalue weighted by Crippen LogP contribution is 2.22. The fourth-order valence-electron chi connectivity index (χ4n) is 1.45. The van der Waals surface area contributed by atoms with Crippen LogP contribution in [0.25, 0.3) is 0 Å². The van der Waals surface area contributed by atoms with Gasteiger partial charge in [0.15, 0.2) is 0 Å². The zero-order valence-corrected chi connectivity index (χ0v) is 7.96. The SMILES string of the molecule is O=C(N1CCC(OCCO)C1)C(F)(F)F. The van der Waals surface area contributed by atoms with E-state index in [1.54, 1.807) is 0 Å². The Kier molecular flexibility index (Phi) is 3.92. The van der Waals surface area contributed by atoms with Gasteiger partial charge in [-0.15, -0.1) is 0 Å². The predicted octanol–water partition coefficient (Wildman–Crippen LogP) is 0.159. The van der Waals surface area contributed by atoms with Crippen molar-refractivity contribution in [3.63, 3.8) is 0 Å². The molecule has 0 aromatic heterocycles. The zero-order chi connectivity index (χ0) is 11.5. The largest absolute Gasteiger partial charge is 0.471 e. The van der Waals surface area contributed by atoms with Gasteiger partial charge >= 0.3 is 12.1 Å². The van der Waals surface area contributed by atoms with E-state index in [1.165, 1.54) is 0 Å². The van der Waals surface area contributed by atoms with Crippen LogP contribution in [0.15, 0.2) is 0 Å². The van der Waals surface area contributed by atoms with E-state index in [-0.39, 0.29) is 26.3 Å². The Morgan fingerprint density at radius 2 is 2.20 bits per heavy atom. The zero-order valence-electron chi connectivity index (χ0n) is 7.96. The average molecular weight is 227 g/mol. The highest BCUT2D eigenvalue weighted by Gasteiger charge is 2.44. The summed E-state index contributed by atoms with van der Waals surface area (Å²) in [5.41, 5.74) is 0. The fraction of sp³-hybridized carbons (Fsp3) is 0.875. The number of aliphatic hydroxyl groups excluding tert-OH is 1. The second kappa shape index (κ2) is 4.80. The fourth-order valence-corrected chi connectivity index (χ4v) is 1.45. The minimum absolute atomic E-state index is 0.0500. The van der Waals surface area contributed by atoms with E-state index in [1.807, 2.05) is 0 Å². The lowest BCUT2D eigenvalue weighted by Gasteiger charge is -2.17. The summed E-state index contributed by atoms with van der Waals surface area (Å²) >= 11 is 0. The van der Waals surface area contributed by atoms with Gasteiger partial charge < -0.3 is 14.7 Å². The molecule has 1 atom stereocenters. The van der Waals surface area contributed by atoms with Gasteiger partial charge in [0.25, 0.3) is 0 Å². The maximum atomic E-state index is 12.0. The van der Waals surface area contributed by atoms with Crippen molar-refractivity contribution in [3.05, 3.63) is 0 Å². The summed E-state index contributed by atoms with van der Waals surface area (Å²) in [5.74, 6) is -1.82. The van der Waals surface area contributed by atoms with Crippen molar-refractivity contribution in [2.75, 3.05) is 26.3 Å². The van der Waals surface area contributed by atoms with E-state index >= 15 is 0 Å². The Bertz CT molecular complexity index is 232. The van der Waals surface area contributed by atoms with Crippen LogP contribution in [-0.2, 0) is 9.53 Å². The van der Waals surface area contributed by atoms with Crippen molar-refractivity contribution in [3.8, 4) is 0 Å². The lowest BCUT2D eigenvalue weighted by Crippen LogP contribution is -2.40. The van der Waals surface area contributed by atoms with E-state index in [0.717, 1.165) is 4.90 Å². The lowest BCUT2D eigenvalue weighted by atomic mass is 10.3. The summed E-state index contributed by atoms with van der Waals surface area (Å²) in [6.45, 7) is -0.102. The molecule has 1 unspecified atom stereocenters. The quantitative estimate of drug-likeness (QED) is 0.747. The Morgan fingerprint density at radius 3 is 2.73 bits per heavy atom. The number of alkyl halides is 3. The maximum absolute atomic E-state index is 12.0. The molecule has 88 valence electrons.